The lowest BCUT2D eigenvalue weighted by molar-refractivity contribution is 0.533. The molecule has 0 spiro atoms. The molecule has 20 heavy (non-hydrogen) atoms. The highest BCUT2D eigenvalue weighted by Crippen LogP contribution is 2.25. The largest absolute Gasteiger partial charge is 0.347 e. The third-order valence-electron chi connectivity index (χ3n) is 2.35. The second-order valence-corrected chi connectivity index (χ2v) is 5.73. The molecular formula is C10H14ClN7OS. The standard InChI is InChI=1S/C10H14ClN7OS/c1-5(2)18-9(19)15-16-10(18)20-8-13-6(11)12-7(14-8)17(3)4/h5H,1-4H3,(H,15,19). The molecule has 0 bridgehead atoms. The smallest absolute Gasteiger partial charge is 0.344 e. The average molecular weight is 316 g/mol. The Kier molecular flexibility index (Phi) is 4.29. The summed E-state index contributed by atoms with van der Waals surface area (Å²) in [5.74, 6) is 0.446. The fourth-order valence-electron chi connectivity index (χ4n) is 1.47. The van der Waals surface area contributed by atoms with Gasteiger partial charge in [0.25, 0.3) is 0 Å². The lowest BCUT2D eigenvalue weighted by Gasteiger charge is -2.11. The van der Waals surface area contributed by atoms with Gasteiger partial charge in [-0.05, 0) is 37.2 Å². The lowest BCUT2D eigenvalue weighted by Crippen LogP contribution is -2.19. The van der Waals surface area contributed by atoms with Crippen LogP contribution in [0.25, 0.3) is 0 Å². The van der Waals surface area contributed by atoms with Crippen LogP contribution >= 0.6 is 23.4 Å². The maximum atomic E-state index is 11.7. The van der Waals surface area contributed by atoms with E-state index in [1.165, 1.54) is 4.57 Å². The molecule has 0 saturated carbocycles. The first-order valence-electron chi connectivity index (χ1n) is 5.82. The molecular weight excluding hydrogens is 302 g/mol. The van der Waals surface area contributed by atoms with Gasteiger partial charge in [0.2, 0.25) is 16.4 Å². The van der Waals surface area contributed by atoms with E-state index in [1.807, 2.05) is 13.8 Å². The summed E-state index contributed by atoms with van der Waals surface area (Å²) in [5.41, 5.74) is -0.268. The first kappa shape index (κ1) is 14.8. The van der Waals surface area contributed by atoms with Gasteiger partial charge in [0.1, 0.15) is 0 Å². The van der Waals surface area contributed by atoms with Crippen LogP contribution in [0.1, 0.15) is 19.9 Å². The highest BCUT2D eigenvalue weighted by atomic mass is 35.5. The van der Waals surface area contributed by atoms with E-state index in [0.717, 1.165) is 11.8 Å². The molecule has 0 radical (unpaired) electrons. The molecule has 1 N–H and O–H groups in total. The molecule has 10 heteroatoms. The van der Waals surface area contributed by atoms with Crippen LogP contribution in [0, 0.1) is 0 Å². The highest BCUT2D eigenvalue weighted by Gasteiger charge is 2.15. The van der Waals surface area contributed by atoms with Crippen LogP contribution in [-0.4, -0.2) is 43.8 Å². The van der Waals surface area contributed by atoms with E-state index in [4.69, 9.17) is 11.6 Å². The van der Waals surface area contributed by atoms with Crippen molar-refractivity contribution in [3.05, 3.63) is 15.8 Å². The van der Waals surface area contributed by atoms with E-state index in [2.05, 4.69) is 25.1 Å². The number of hydrogen-bond donors (Lipinski definition) is 1. The third-order valence-corrected chi connectivity index (χ3v) is 3.35. The Morgan fingerprint density at radius 3 is 2.60 bits per heavy atom. The molecule has 0 fully saturated rings. The van der Waals surface area contributed by atoms with Gasteiger partial charge in [-0.2, -0.15) is 15.0 Å². The summed E-state index contributed by atoms with van der Waals surface area (Å²) in [6.45, 7) is 3.79. The SMILES string of the molecule is CC(C)n1c(Sc2nc(Cl)nc(N(C)C)n2)n[nH]c1=O. The van der Waals surface area contributed by atoms with Crippen molar-refractivity contribution in [1.82, 2.24) is 29.7 Å². The predicted molar refractivity (Wildman–Crippen MR) is 76.5 cm³/mol. The maximum Gasteiger partial charge on any atom is 0.344 e. The van der Waals surface area contributed by atoms with Gasteiger partial charge in [0, 0.05) is 20.1 Å². The topological polar surface area (TPSA) is 92.6 Å². The minimum absolute atomic E-state index is 0.0191. The molecule has 2 aromatic rings. The van der Waals surface area contributed by atoms with Gasteiger partial charge in [-0.3, -0.25) is 4.57 Å². The normalized spacial score (nSPS) is 11.1. The molecule has 0 amide bonds. The number of nitrogens with zero attached hydrogens (tertiary/aromatic N) is 6. The molecule has 2 rings (SSSR count). The average Bonchev–Trinajstić information content (AvgIpc) is 2.69. The fourth-order valence-corrected chi connectivity index (χ4v) is 2.58. The van der Waals surface area contributed by atoms with E-state index >= 15 is 0 Å². The predicted octanol–water partition coefficient (Wildman–Crippen LogP) is 1.21. The summed E-state index contributed by atoms with van der Waals surface area (Å²) in [7, 11) is 3.61. The number of nitrogens with one attached hydrogen (secondary N) is 1. The number of anilines is 1. The van der Waals surface area contributed by atoms with E-state index in [9.17, 15) is 4.79 Å². The van der Waals surface area contributed by atoms with E-state index in [0.29, 0.717) is 16.3 Å². The number of halogens is 1. The van der Waals surface area contributed by atoms with Gasteiger partial charge in [-0.15, -0.1) is 5.10 Å². The first-order chi connectivity index (χ1) is 9.38. The number of hydrogen-bond acceptors (Lipinski definition) is 7. The number of aromatic nitrogens is 6. The lowest BCUT2D eigenvalue weighted by atomic mass is 10.4. The van der Waals surface area contributed by atoms with Crippen LogP contribution in [0.2, 0.25) is 5.28 Å². The van der Waals surface area contributed by atoms with Gasteiger partial charge in [0.15, 0.2) is 5.16 Å². The van der Waals surface area contributed by atoms with Crippen molar-refractivity contribution in [3.8, 4) is 0 Å². The minimum Gasteiger partial charge on any atom is -0.347 e. The second-order valence-electron chi connectivity index (χ2n) is 4.46. The van der Waals surface area contributed by atoms with Gasteiger partial charge in [0.05, 0.1) is 0 Å². The molecule has 8 nitrogen and oxygen atoms in total. The number of aromatic amines is 1. The zero-order chi connectivity index (χ0) is 14.9. The Morgan fingerprint density at radius 2 is 2.00 bits per heavy atom. The van der Waals surface area contributed by atoms with Crippen LogP contribution in [0.15, 0.2) is 15.1 Å². The van der Waals surface area contributed by atoms with Crippen LogP contribution in [-0.2, 0) is 0 Å². The quantitative estimate of drug-likeness (QED) is 0.906. The third kappa shape index (κ3) is 3.10. The van der Waals surface area contributed by atoms with E-state index in [-0.39, 0.29) is 17.0 Å². The summed E-state index contributed by atoms with van der Waals surface area (Å²) < 4.78 is 1.53. The van der Waals surface area contributed by atoms with Crippen molar-refractivity contribution in [2.75, 3.05) is 19.0 Å². The van der Waals surface area contributed by atoms with E-state index < -0.39 is 0 Å². The molecule has 0 unspecified atom stereocenters. The Morgan fingerprint density at radius 1 is 1.30 bits per heavy atom. The number of rotatable bonds is 4. The van der Waals surface area contributed by atoms with Crippen LogP contribution in [0.5, 0.6) is 0 Å². The van der Waals surface area contributed by atoms with Crippen molar-refractivity contribution in [1.29, 1.82) is 0 Å². The van der Waals surface area contributed by atoms with Crippen LogP contribution < -0.4 is 10.6 Å². The Bertz CT molecular complexity index is 666. The fraction of sp³-hybridized carbons (Fsp3) is 0.500. The van der Waals surface area contributed by atoms with Gasteiger partial charge in [-0.1, -0.05) is 0 Å². The molecule has 108 valence electrons. The van der Waals surface area contributed by atoms with Crippen molar-refractivity contribution >= 4 is 29.3 Å². The molecule has 0 saturated heterocycles. The minimum atomic E-state index is -0.268. The van der Waals surface area contributed by atoms with Crippen LogP contribution in [0.4, 0.5) is 5.95 Å². The first-order valence-corrected chi connectivity index (χ1v) is 7.01. The van der Waals surface area contributed by atoms with Crippen molar-refractivity contribution < 1.29 is 0 Å². The van der Waals surface area contributed by atoms with Crippen molar-refractivity contribution in [2.24, 2.45) is 0 Å². The molecule has 0 atom stereocenters. The Hall–Kier alpha value is -1.61. The maximum absolute atomic E-state index is 11.7. The van der Waals surface area contributed by atoms with Crippen LogP contribution in [0.3, 0.4) is 0 Å². The summed E-state index contributed by atoms with van der Waals surface area (Å²) in [4.78, 5) is 25.7. The molecule has 0 aliphatic carbocycles. The Labute approximate surface area is 124 Å². The van der Waals surface area contributed by atoms with E-state index in [1.54, 1.807) is 19.0 Å². The zero-order valence-electron chi connectivity index (χ0n) is 11.5. The van der Waals surface area contributed by atoms with Crippen molar-refractivity contribution in [3.63, 3.8) is 0 Å². The summed E-state index contributed by atoms with van der Waals surface area (Å²) >= 11 is 7.03. The molecule has 2 heterocycles. The monoisotopic (exact) mass is 315 g/mol. The molecule has 0 aliphatic rings. The zero-order valence-corrected chi connectivity index (χ0v) is 13.0. The Balaban J connectivity index is 2.38. The molecule has 0 aromatic carbocycles. The van der Waals surface area contributed by atoms with Gasteiger partial charge < -0.3 is 4.90 Å². The molecule has 2 aromatic heterocycles. The second kappa shape index (κ2) is 5.80. The van der Waals surface area contributed by atoms with Crippen molar-refractivity contribution in [2.45, 2.75) is 30.2 Å². The van der Waals surface area contributed by atoms with Gasteiger partial charge in [-0.25, -0.2) is 9.89 Å². The summed E-state index contributed by atoms with van der Waals surface area (Å²) in [5, 5.41) is 7.35. The molecule has 0 aliphatic heterocycles. The summed E-state index contributed by atoms with van der Waals surface area (Å²) in [6.07, 6.45) is 0. The summed E-state index contributed by atoms with van der Waals surface area (Å²) in [6, 6.07) is -0.0191. The van der Waals surface area contributed by atoms with Gasteiger partial charge >= 0.3 is 5.69 Å². The highest BCUT2D eigenvalue weighted by molar-refractivity contribution is 7.99. The number of H-pyrrole nitrogens is 1.